The second kappa shape index (κ2) is 10.1. The van der Waals surface area contributed by atoms with E-state index in [-0.39, 0.29) is 0 Å². The van der Waals surface area contributed by atoms with Gasteiger partial charge in [-0.15, -0.1) is 0 Å². The third kappa shape index (κ3) is 6.18. The Morgan fingerprint density at radius 1 is 0.815 bits per heavy atom. The quantitative estimate of drug-likeness (QED) is 0.582. The maximum absolute atomic E-state index is 2.82. The number of piperidine rings is 1. The van der Waals surface area contributed by atoms with Crippen LogP contribution in [0.15, 0.2) is 0 Å². The molecule has 0 spiro atoms. The van der Waals surface area contributed by atoms with Crippen molar-refractivity contribution in [2.45, 2.75) is 85.2 Å². The zero-order valence-corrected chi connectivity index (χ0v) is 19.0. The van der Waals surface area contributed by atoms with E-state index < -0.39 is 0 Å². The molecule has 0 N–H and O–H groups in total. The van der Waals surface area contributed by atoms with Gasteiger partial charge < -0.3 is 14.7 Å². The third-order valence-electron chi connectivity index (χ3n) is 8.10. The van der Waals surface area contributed by atoms with Crippen LogP contribution in [0.25, 0.3) is 0 Å². The molecule has 3 saturated heterocycles. The van der Waals surface area contributed by atoms with Crippen LogP contribution in [0.1, 0.15) is 73.1 Å². The second-order valence-corrected chi connectivity index (χ2v) is 10.7. The van der Waals surface area contributed by atoms with Gasteiger partial charge in [-0.05, 0) is 109 Å². The van der Waals surface area contributed by atoms with Crippen LogP contribution in [0.4, 0.5) is 0 Å². The molecular weight excluding hydrogens is 330 g/mol. The predicted molar refractivity (Wildman–Crippen MR) is 117 cm³/mol. The summed E-state index contributed by atoms with van der Waals surface area (Å²) in [4.78, 5) is 8.13. The van der Waals surface area contributed by atoms with Crippen molar-refractivity contribution in [2.75, 3.05) is 45.8 Å². The molecule has 3 atom stereocenters. The van der Waals surface area contributed by atoms with E-state index in [0.717, 1.165) is 35.8 Å². The van der Waals surface area contributed by atoms with Gasteiger partial charge in [-0.2, -0.15) is 0 Å². The molecule has 3 fully saturated rings. The van der Waals surface area contributed by atoms with Crippen molar-refractivity contribution >= 4 is 0 Å². The van der Waals surface area contributed by atoms with Crippen LogP contribution in [0.3, 0.4) is 0 Å². The summed E-state index contributed by atoms with van der Waals surface area (Å²) in [7, 11) is 0. The van der Waals surface area contributed by atoms with Crippen LogP contribution < -0.4 is 0 Å². The minimum atomic E-state index is 0.734. The van der Waals surface area contributed by atoms with E-state index in [1.165, 1.54) is 84.3 Å². The number of hydrogen-bond acceptors (Lipinski definition) is 3. The van der Waals surface area contributed by atoms with Gasteiger partial charge in [0.1, 0.15) is 0 Å². The lowest BCUT2D eigenvalue weighted by Gasteiger charge is -2.38. The fourth-order valence-corrected chi connectivity index (χ4v) is 5.73. The molecule has 3 aliphatic rings. The van der Waals surface area contributed by atoms with E-state index in [4.69, 9.17) is 0 Å². The van der Waals surface area contributed by atoms with E-state index >= 15 is 0 Å². The molecule has 0 aromatic heterocycles. The molecule has 0 aromatic carbocycles. The molecule has 27 heavy (non-hydrogen) atoms. The van der Waals surface area contributed by atoms with Gasteiger partial charge in [-0.3, -0.25) is 0 Å². The summed E-state index contributed by atoms with van der Waals surface area (Å²) in [6.45, 7) is 21.5. The van der Waals surface area contributed by atoms with Crippen LogP contribution in [0, 0.1) is 23.7 Å². The van der Waals surface area contributed by atoms with Gasteiger partial charge in [-0.1, -0.05) is 13.8 Å². The van der Waals surface area contributed by atoms with Crippen molar-refractivity contribution in [3.63, 3.8) is 0 Å². The van der Waals surface area contributed by atoms with Crippen molar-refractivity contribution in [1.82, 2.24) is 14.7 Å². The fourth-order valence-electron chi connectivity index (χ4n) is 5.73. The van der Waals surface area contributed by atoms with Crippen LogP contribution in [-0.2, 0) is 0 Å². The lowest BCUT2D eigenvalue weighted by atomic mass is 9.89. The molecule has 0 bridgehead atoms. The van der Waals surface area contributed by atoms with E-state index in [2.05, 4.69) is 49.3 Å². The SMILES string of the molecule is CC1CN(CCC(C)C2CCN(C(C)CCC3CCN(C(C)C)CC3)C2)C1. The van der Waals surface area contributed by atoms with Crippen LogP contribution in [0.5, 0.6) is 0 Å². The number of hydrogen-bond donors (Lipinski definition) is 0. The van der Waals surface area contributed by atoms with E-state index in [1.807, 2.05) is 0 Å². The zero-order chi connectivity index (χ0) is 19.4. The highest BCUT2D eigenvalue weighted by molar-refractivity contribution is 4.85. The molecule has 0 amide bonds. The van der Waals surface area contributed by atoms with Gasteiger partial charge >= 0.3 is 0 Å². The molecular formula is C24H47N3. The van der Waals surface area contributed by atoms with Gasteiger partial charge in [0.25, 0.3) is 0 Å². The second-order valence-electron chi connectivity index (χ2n) is 10.7. The average molecular weight is 378 g/mol. The lowest BCUT2D eigenvalue weighted by molar-refractivity contribution is 0.101. The monoisotopic (exact) mass is 377 g/mol. The highest BCUT2D eigenvalue weighted by Gasteiger charge is 2.31. The Kier molecular flexibility index (Phi) is 8.05. The van der Waals surface area contributed by atoms with Gasteiger partial charge in [0.05, 0.1) is 0 Å². The summed E-state index contributed by atoms with van der Waals surface area (Å²) in [5.41, 5.74) is 0. The Morgan fingerprint density at radius 2 is 1.48 bits per heavy atom. The first-order chi connectivity index (χ1) is 12.9. The van der Waals surface area contributed by atoms with Crippen molar-refractivity contribution in [3.05, 3.63) is 0 Å². The van der Waals surface area contributed by atoms with Crippen LogP contribution in [-0.4, -0.2) is 72.6 Å². The maximum atomic E-state index is 2.82. The molecule has 3 rings (SSSR count). The Labute approximate surface area is 169 Å². The minimum Gasteiger partial charge on any atom is -0.303 e. The lowest BCUT2D eigenvalue weighted by Crippen LogP contribution is -2.45. The largest absolute Gasteiger partial charge is 0.303 e. The molecule has 0 aliphatic carbocycles. The maximum Gasteiger partial charge on any atom is 0.00671 e. The molecule has 158 valence electrons. The Balaban J connectivity index is 1.30. The highest BCUT2D eigenvalue weighted by Crippen LogP contribution is 2.31. The molecule has 3 heteroatoms. The number of rotatable bonds is 9. The number of likely N-dealkylation sites (tertiary alicyclic amines) is 3. The first kappa shape index (κ1) is 21.6. The van der Waals surface area contributed by atoms with Crippen molar-refractivity contribution in [3.8, 4) is 0 Å². The van der Waals surface area contributed by atoms with E-state index in [1.54, 1.807) is 0 Å². The summed E-state index contributed by atoms with van der Waals surface area (Å²) in [5, 5.41) is 0. The predicted octanol–water partition coefficient (Wildman–Crippen LogP) is 4.58. The Hall–Kier alpha value is -0.120. The summed E-state index contributed by atoms with van der Waals surface area (Å²) >= 11 is 0. The van der Waals surface area contributed by atoms with Crippen molar-refractivity contribution < 1.29 is 0 Å². The van der Waals surface area contributed by atoms with Gasteiger partial charge in [-0.25, -0.2) is 0 Å². The van der Waals surface area contributed by atoms with Crippen molar-refractivity contribution in [2.24, 2.45) is 23.7 Å². The Morgan fingerprint density at radius 3 is 2.11 bits per heavy atom. The average Bonchev–Trinajstić information content (AvgIpc) is 3.12. The summed E-state index contributed by atoms with van der Waals surface area (Å²) in [6, 6.07) is 1.53. The number of nitrogens with zero attached hydrogens (tertiary/aromatic N) is 3. The Bertz CT molecular complexity index is 423. The zero-order valence-electron chi connectivity index (χ0n) is 19.0. The molecule has 0 aromatic rings. The normalized spacial score (nSPS) is 29.3. The van der Waals surface area contributed by atoms with Crippen LogP contribution >= 0.6 is 0 Å². The molecule has 0 radical (unpaired) electrons. The van der Waals surface area contributed by atoms with Gasteiger partial charge in [0.15, 0.2) is 0 Å². The standard InChI is InChI=1S/C24H47N3/c1-19(2)26-13-9-23(10-14-26)7-6-22(5)27-15-11-24(18-27)21(4)8-12-25-16-20(3)17-25/h19-24H,6-18H2,1-5H3. The summed E-state index contributed by atoms with van der Waals surface area (Å²) in [6.07, 6.45) is 8.58. The third-order valence-corrected chi connectivity index (χ3v) is 8.10. The molecule has 3 nitrogen and oxygen atoms in total. The molecule has 0 saturated carbocycles. The van der Waals surface area contributed by atoms with Gasteiger partial charge in [0, 0.05) is 31.7 Å². The van der Waals surface area contributed by atoms with E-state index in [0.29, 0.717) is 0 Å². The summed E-state index contributed by atoms with van der Waals surface area (Å²) in [5.74, 6) is 3.78. The first-order valence-corrected chi connectivity index (χ1v) is 12.1. The highest BCUT2D eigenvalue weighted by atomic mass is 15.2. The van der Waals surface area contributed by atoms with Crippen LogP contribution in [0.2, 0.25) is 0 Å². The smallest absolute Gasteiger partial charge is 0.00671 e. The van der Waals surface area contributed by atoms with E-state index in [9.17, 15) is 0 Å². The fraction of sp³-hybridized carbons (Fsp3) is 1.00. The first-order valence-electron chi connectivity index (χ1n) is 12.1. The molecule has 3 unspecified atom stereocenters. The topological polar surface area (TPSA) is 9.72 Å². The molecule has 3 heterocycles. The van der Waals surface area contributed by atoms with Gasteiger partial charge in [0.2, 0.25) is 0 Å². The van der Waals surface area contributed by atoms with Crippen molar-refractivity contribution in [1.29, 1.82) is 0 Å². The summed E-state index contributed by atoms with van der Waals surface area (Å²) < 4.78 is 0. The minimum absolute atomic E-state index is 0.734. The molecule has 3 aliphatic heterocycles.